The van der Waals surface area contributed by atoms with Gasteiger partial charge in [-0.2, -0.15) is 4.31 Å². The van der Waals surface area contributed by atoms with Crippen molar-refractivity contribution in [1.82, 2.24) is 14.2 Å². The highest BCUT2D eigenvalue weighted by atomic mass is 32.2. The third kappa shape index (κ3) is 4.58. The lowest BCUT2D eigenvalue weighted by Gasteiger charge is -2.29. The van der Waals surface area contributed by atoms with Crippen LogP contribution in [0.25, 0.3) is 10.9 Å². The Kier molecular flexibility index (Phi) is 6.77. The van der Waals surface area contributed by atoms with Crippen LogP contribution in [0.2, 0.25) is 0 Å². The topological polar surface area (TPSA) is 97.7 Å². The Bertz CT molecular complexity index is 1390. The van der Waals surface area contributed by atoms with Gasteiger partial charge in [0.2, 0.25) is 15.5 Å². The molecule has 1 aliphatic rings. The molecular formula is C25H29N3O5S. The summed E-state index contributed by atoms with van der Waals surface area (Å²) in [7, 11) is -0.450. The van der Waals surface area contributed by atoms with Crippen molar-refractivity contribution in [2.24, 2.45) is 13.0 Å². The van der Waals surface area contributed by atoms with Crippen LogP contribution in [0.3, 0.4) is 0 Å². The molecule has 0 aliphatic carbocycles. The quantitative estimate of drug-likeness (QED) is 0.581. The summed E-state index contributed by atoms with van der Waals surface area (Å²) < 4.78 is 34.8. The average Bonchev–Trinajstić information content (AvgIpc) is 2.84. The van der Waals surface area contributed by atoms with Gasteiger partial charge in [-0.05, 0) is 43.0 Å². The molecule has 1 amide bonds. The maximum absolute atomic E-state index is 13.2. The molecule has 1 aromatic heterocycles. The van der Waals surface area contributed by atoms with E-state index < -0.39 is 21.4 Å². The van der Waals surface area contributed by atoms with Crippen LogP contribution in [0.4, 0.5) is 0 Å². The summed E-state index contributed by atoms with van der Waals surface area (Å²) in [5.41, 5.74) is 0.777. The highest BCUT2D eigenvalue weighted by Gasteiger charge is 2.28. The van der Waals surface area contributed by atoms with Crippen LogP contribution < -0.4 is 15.5 Å². The van der Waals surface area contributed by atoms with Gasteiger partial charge in [0, 0.05) is 43.8 Å². The smallest absolute Gasteiger partial charge is 0.257 e. The van der Waals surface area contributed by atoms with Crippen molar-refractivity contribution in [2.45, 2.75) is 31.2 Å². The van der Waals surface area contributed by atoms with Crippen LogP contribution in [0, 0.1) is 5.92 Å². The van der Waals surface area contributed by atoms with Crippen LogP contribution in [-0.4, -0.2) is 43.4 Å². The van der Waals surface area contributed by atoms with E-state index in [2.05, 4.69) is 12.2 Å². The fraction of sp³-hybridized carbons (Fsp3) is 0.360. The number of aromatic nitrogens is 1. The number of nitrogens with zero attached hydrogens (tertiary/aromatic N) is 2. The number of nitrogens with one attached hydrogen (secondary N) is 1. The first kappa shape index (κ1) is 24.0. The van der Waals surface area contributed by atoms with E-state index in [9.17, 15) is 18.0 Å². The van der Waals surface area contributed by atoms with Crippen molar-refractivity contribution >= 4 is 26.8 Å². The zero-order valence-corrected chi connectivity index (χ0v) is 20.4. The molecule has 3 aromatic rings. The molecule has 9 heteroatoms. The molecule has 0 spiro atoms. The number of ether oxygens (including phenoxy) is 1. The van der Waals surface area contributed by atoms with Crippen LogP contribution >= 0.6 is 0 Å². The van der Waals surface area contributed by atoms with Crippen LogP contribution in [-0.2, 0) is 23.6 Å². The van der Waals surface area contributed by atoms with Crippen molar-refractivity contribution in [2.75, 3.05) is 20.2 Å². The fourth-order valence-corrected chi connectivity index (χ4v) is 5.78. The molecule has 2 aromatic carbocycles. The van der Waals surface area contributed by atoms with Gasteiger partial charge < -0.3 is 14.6 Å². The van der Waals surface area contributed by atoms with Gasteiger partial charge in [0.25, 0.3) is 5.91 Å². The minimum Gasteiger partial charge on any atom is -0.496 e. The van der Waals surface area contributed by atoms with Gasteiger partial charge in [0.05, 0.1) is 17.5 Å². The molecule has 34 heavy (non-hydrogen) atoms. The minimum absolute atomic E-state index is 0.0498. The highest BCUT2D eigenvalue weighted by molar-refractivity contribution is 7.89. The number of benzene rings is 2. The molecule has 0 atom stereocenters. The van der Waals surface area contributed by atoms with E-state index in [1.807, 2.05) is 18.2 Å². The number of hydrogen-bond acceptors (Lipinski definition) is 5. The molecule has 0 radical (unpaired) electrons. The third-order valence-corrected chi connectivity index (χ3v) is 8.31. The van der Waals surface area contributed by atoms with E-state index >= 15 is 0 Å². The molecule has 1 fully saturated rings. The van der Waals surface area contributed by atoms with Crippen molar-refractivity contribution in [3.05, 3.63) is 70.0 Å². The number of carbonyl (C=O) groups excluding carboxylic acids is 1. The normalized spacial score (nSPS) is 15.4. The van der Waals surface area contributed by atoms with E-state index in [1.165, 1.54) is 22.6 Å². The van der Waals surface area contributed by atoms with Gasteiger partial charge in [0.1, 0.15) is 11.3 Å². The lowest BCUT2D eigenvalue weighted by Crippen LogP contribution is -2.38. The summed E-state index contributed by atoms with van der Waals surface area (Å²) >= 11 is 0. The number of aryl methyl sites for hydroxylation is 1. The lowest BCUT2D eigenvalue weighted by atomic mass is 10.0. The number of hydrogen-bond donors (Lipinski definition) is 1. The monoisotopic (exact) mass is 483 g/mol. The molecule has 8 nitrogen and oxygen atoms in total. The second-order valence-corrected chi connectivity index (χ2v) is 10.7. The Balaban J connectivity index is 1.66. The first-order valence-electron chi connectivity index (χ1n) is 11.3. The van der Waals surface area contributed by atoms with E-state index in [0.29, 0.717) is 30.3 Å². The molecule has 0 bridgehead atoms. The van der Waals surface area contributed by atoms with Crippen molar-refractivity contribution in [1.29, 1.82) is 0 Å². The summed E-state index contributed by atoms with van der Waals surface area (Å²) in [6.07, 6.45) is 3.10. The Morgan fingerprint density at radius 3 is 2.56 bits per heavy atom. The summed E-state index contributed by atoms with van der Waals surface area (Å²) in [6, 6.07) is 11.8. The average molecular weight is 484 g/mol. The number of amides is 1. The van der Waals surface area contributed by atoms with E-state index in [4.69, 9.17) is 4.74 Å². The Labute approximate surface area is 199 Å². The lowest BCUT2D eigenvalue weighted by molar-refractivity contribution is 0.0949. The zero-order valence-electron chi connectivity index (χ0n) is 19.6. The minimum atomic E-state index is -3.72. The standard InChI is InChI=1S/C25H29N3O5S/c1-17-10-12-28(13-11-17)34(31,32)19-8-9-22-20(14-19)24(29)21(16-27(22)2)25(30)26-15-18-6-4-5-7-23(18)33-3/h4-9,14,16-17H,10-13,15H2,1-3H3,(H,26,30). The largest absolute Gasteiger partial charge is 0.496 e. The van der Waals surface area contributed by atoms with Gasteiger partial charge >= 0.3 is 0 Å². The summed E-state index contributed by atoms with van der Waals surface area (Å²) in [5, 5.41) is 2.96. The Morgan fingerprint density at radius 1 is 1.15 bits per heavy atom. The second kappa shape index (κ2) is 9.60. The van der Waals surface area contributed by atoms with Gasteiger partial charge in [-0.15, -0.1) is 0 Å². The van der Waals surface area contributed by atoms with Crippen molar-refractivity contribution < 1.29 is 17.9 Å². The maximum atomic E-state index is 13.2. The van der Waals surface area contributed by atoms with E-state index in [-0.39, 0.29) is 22.4 Å². The second-order valence-electron chi connectivity index (χ2n) is 8.74. The number of fused-ring (bicyclic) bond motifs is 1. The highest BCUT2D eigenvalue weighted by Crippen LogP contribution is 2.25. The number of sulfonamides is 1. The molecule has 4 rings (SSSR count). The number of pyridine rings is 1. The number of piperidine rings is 1. The molecule has 0 unspecified atom stereocenters. The number of carbonyl (C=O) groups is 1. The molecule has 1 saturated heterocycles. The Hall–Kier alpha value is -3.17. The van der Waals surface area contributed by atoms with Crippen molar-refractivity contribution in [3.8, 4) is 5.75 Å². The fourth-order valence-electron chi connectivity index (χ4n) is 4.29. The van der Waals surface area contributed by atoms with Gasteiger partial charge in [0.15, 0.2) is 0 Å². The predicted molar refractivity (Wildman–Crippen MR) is 131 cm³/mol. The van der Waals surface area contributed by atoms with Crippen LogP contribution in [0.5, 0.6) is 5.75 Å². The first-order chi connectivity index (χ1) is 16.2. The maximum Gasteiger partial charge on any atom is 0.257 e. The van der Waals surface area contributed by atoms with E-state index in [0.717, 1.165) is 18.4 Å². The Morgan fingerprint density at radius 2 is 1.85 bits per heavy atom. The van der Waals surface area contributed by atoms with Gasteiger partial charge in [-0.1, -0.05) is 25.1 Å². The van der Waals surface area contributed by atoms with Crippen LogP contribution in [0.15, 0.2) is 58.4 Å². The first-order valence-corrected chi connectivity index (χ1v) is 12.7. The van der Waals surface area contributed by atoms with Gasteiger partial charge in [-0.25, -0.2) is 8.42 Å². The number of methoxy groups -OCH3 is 1. The van der Waals surface area contributed by atoms with E-state index in [1.54, 1.807) is 30.9 Å². The summed E-state index contributed by atoms with van der Waals surface area (Å²) in [4.78, 5) is 26.2. The SMILES string of the molecule is COc1ccccc1CNC(=O)c1cn(C)c2ccc(S(=O)(=O)N3CCC(C)CC3)cc2c1=O. The number of para-hydroxylation sites is 1. The molecule has 1 N–H and O–H groups in total. The molecular weight excluding hydrogens is 454 g/mol. The van der Waals surface area contributed by atoms with Crippen LogP contribution in [0.1, 0.15) is 35.7 Å². The molecule has 2 heterocycles. The molecule has 1 aliphatic heterocycles. The van der Waals surface area contributed by atoms with Crippen molar-refractivity contribution in [3.63, 3.8) is 0 Å². The van der Waals surface area contributed by atoms with Gasteiger partial charge in [-0.3, -0.25) is 9.59 Å². The third-order valence-electron chi connectivity index (χ3n) is 6.42. The molecule has 180 valence electrons. The summed E-state index contributed by atoms with van der Waals surface area (Å²) in [6.45, 7) is 3.23. The molecule has 0 saturated carbocycles. The number of rotatable bonds is 6. The zero-order chi connectivity index (χ0) is 24.5. The predicted octanol–water partition coefficient (Wildman–Crippen LogP) is 2.90. The summed E-state index contributed by atoms with van der Waals surface area (Å²) in [5.74, 6) is 0.593.